The van der Waals surface area contributed by atoms with Crippen molar-refractivity contribution < 1.29 is 9.53 Å². The second-order valence-electron chi connectivity index (χ2n) is 3.98. The maximum Gasteiger partial charge on any atom is 0.252 e. The summed E-state index contributed by atoms with van der Waals surface area (Å²) in [5.41, 5.74) is 2.34. The van der Waals surface area contributed by atoms with Crippen molar-refractivity contribution in [2.24, 2.45) is 0 Å². The van der Waals surface area contributed by atoms with Crippen molar-refractivity contribution in [2.75, 3.05) is 0 Å². The molecule has 0 saturated carbocycles. The summed E-state index contributed by atoms with van der Waals surface area (Å²) in [5, 5.41) is -0.460. The minimum absolute atomic E-state index is 0.460. The molecule has 0 N–H and O–H groups in total. The zero-order chi connectivity index (χ0) is 13.0. The minimum atomic E-state index is -0.460. The summed E-state index contributed by atoms with van der Waals surface area (Å²) in [6.45, 7) is 2.30. The summed E-state index contributed by atoms with van der Waals surface area (Å²) in [6, 6.07) is 15.2. The van der Waals surface area contributed by atoms with Crippen LogP contribution >= 0.6 is 11.6 Å². The van der Waals surface area contributed by atoms with Gasteiger partial charge in [-0.05, 0) is 36.2 Å². The van der Waals surface area contributed by atoms with Gasteiger partial charge >= 0.3 is 0 Å². The fourth-order valence-electron chi connectivity index (χ4n) is 1.72. The van der Waals surface area contributed by atoms with Gasteiger partial charge in [-0.1, -0.05) is 36.4 Å². The van der Waals surface area contributed by atoms with Crippen molar-refractivity contribution in [1.82, 2.24) is 0 Å². The molecule has 0 bridgehead atoms. The number of halogens is 1. The predicted molar refractivity (Wildman–Crippen MR) is 72.1 cm³/mol. The molecule has 2 rings (SSSR count). The molecule has 0 saturated heterocycles. The van der Waals surface area contributed by atoms with E-state index in [1.807, 2.05) is 43.3 Å². The van der Waals surface area contributed by atoms with Crippen LogP contribution in [-0.2, 0) is 6.61 Å². The van der Waals surface area contributed by atoms with E-state index < -0.39 is 5.24 Å². The average molecular weight is 261 g/mol. The van der Waals surface area contributed by atoms with Gasteiger partial charge in [0.1, 0.15) is 12.4 Å². The van der Waals surface area contributed by atoms with Crippen LogP contribution in [0.1, 0.15) is 21.5 Å². The zero-order valence-corrected chi connectivity index (χ0v) is 10.8. The van der Waals surface area contributed by atoms with Crippen LogP contribution in [0.5, 0.6) is 5.75 Å². The highest BCUT2D eigenvalue weighted by Crippen LogP contribution is 2.23. The highest BCUT2D eigenvalue weighted by atomic mass is 35.5. The molecule has 2 aromatic carbocycles. The molecule has 0 heterocycles. The highest BCUT2D eigenvalue weighted by Gasteiger charge is 2.09. The lowest BCUT2D eigenvalue weighted by Crippen LogP contribution is -2.00. The molecule has 18 heavy (non-hydrogen) atoms. The molecule has 0 radical (unpaired) electrons. The molecule has 3 heteroatoms. The Hall–Kier alpha value is -1.80. The number of carbonyl (C=O) groups is 1. The Labute approximate surface area is 111 Å². The number of rotatable bonds is 4. The van der Waals surface area contributed by atoms with Gasteiger partial charge in [-0.25, -0.2) is 0 Å². The van der Waals surface area contributed by atoms with Gasteiger partial charge in [0.15, 0.2) is 0 Å². The monoisotopic (exact) mass is 260 g/mol. The van der Waals surface area contributed by atoms with Crippen LogP contribution < -0.4 is 4.74 Å². The first-order valence-corrected chi connectivity index (χ1v) is 6.02. The van der Waals surface area contributed by atoms with Crippen LogP contribution in [0.2, 0.25) is 0 Å². The van der Waals surface area contributed by atoms with Crippen molar-refractivity contribution in [3.63, 3.8) is 0 Å². The molecule has 2 nitrogen and oxygen atoms in total. The quantitative estimate of drug-likeness (QED) is 0.778. The Morgan fingerprint density at radius 2 is 1.83 bits per heavy atom. The van der Waals surface area contributed by atoms with E-state index in [0.717, 1.165) is 11.1 Å². The standard InChI is InChI=1S/C15H13ClO2/c1-11-13(15(16)17)8-5-9-14(11)18-10-12-6-3-2-4-7-12/h2-9H,10H2,1H3. The summed E-state index contributed by atoms with van der Waals surface area (Å²) in [5.74, 6) is 0.686. The molecule has 0 aromatic heterocycles. The molecule has 0 fully saturated rings. The van der Waals surface area contributed by atoms with Crippen LogP contribution in [0, 0.1) is 6.92 Å². The highest BCUT2D eigenvalue weighted by molar-refractivity contribution is 6.67. The Balaban J connectivity index is 2.15. The number of carbonyl (C=O) groups excluding carboxylic acids is 1. The van der Waals surface area contributed by atoms with Crippen LogP contribution in [0.3, 0.4) is 0 Å². The first-order valence-electron chi connectivity index (χ1n) is 5.64. The van der Waals surface area contributed by atoms with Gasteiger partial charge in [0.05, 0.1) is 0 Å². The van der Waals surface area contributed by atoms with E-state index in [4.69, 9.17) is 16.3 Å². The molecular formula is C15H13ClO2. The predicted octanol–water partition coefficient (Wildman–Crippen LogP) is 3.95. The van der Waals surface area contributed by atoms with Crippen molar-refractivity contribution in [3.8, 4) is 5.75 Å². The van der Waals surface area contributed by atoms with Crippen molar-refractivity contribution in [2.45, 2.75) is 13.5 Å². The van der Waals surface area contributed by atoms with Gasteiger partial charge in [-0.15, -0.1) is 0 Å². The smallest absolute Gasteiger partial charge is 0.252 e. The average Bonchev–Trinajstić information content (AvgIpc) is 2.38. The van der Waals surface area contributed by atoms with Crippen LogP contribution in [0.25, 0.3) is 0 Å². The van der Waals surface area contributed by atoms with E-state index in [-0.39, 0.29) is 0 Å². The molecular weight excluding hydrogens is 248 g/mol. The Morgan fingerprint density at radius 3 is 2.50 bits per heavy atom. The van der Waals surface area contributed by atoms with E-state index in [1.165, 1.54) is 0 Å². The number of benzene rings is 2. The van der Waals surface area contributed by atoms with Gasteiger partial charge in [0.2, 0.25) is 0 Å². The second kappa shape index (κ2) is 5.69. The first-order chi connectivity index (χ1) is 8.68. The van der Waals surface area contributed by atoms with Crippen LogP contribution in [-0.4, -0.2) is 5.24 Å². The minimum Gasteiger partial charge on any atom is -0.489 e. The van der Waals surface area contributed by atoms with Crippen molar-refractivity contribution in [1.29, 1.82) is 0 Å². The molecule has 0 atom stereocenters. The SMILES string of the molecule is Cc1c(OCc2ccccc2)cccc1C(=O)Cl. The summed E-state index contributed by atoms with van der Waals surface area (Å²) in [7, 11) is 0. The Bertz CT molecular complexity index is 550. The van der Waals surface area contributed by atoms with E-state index >= 15 is 0 Å². The van der Waals surface area contributed by atoms with E-state index in [0.29, 0.717) is 17.9 Å². The summed E-state index contributed by atoms with van der Waals surface area (Å²) < 4.78 is 5.70. The van der Waals surface area contributed by atoms with Crippen LogP contribution in [0.4, 0.5) is 0 Å². The van der Waals surface area contributed by atoms with E-state index in [1.54, 1.807) is 12.1 Å². The lowest BCUT2D eigenvalue weighted by Gasteiger charge is -2.10. The fourth-order valence-corrected chi connectivity index (χ4v) is 1.92. The third-order valence-corrected chi connectivity index (χ3v) is 2.94. The van der Waals surface area contributed by atoms with Crippen molar-refractivity contribution >= 4 is 16.8 Å². The van der Waals surface area contributed by atoms with E-state index in [2.05, 4.69) is 0 Å². The molecule has 92 valence electrons. The third kappa shape index (κ3) is 2.90. The molecule has 2 aromatic rings. The molecule has 0 aliphatic heterocycles. The molecule has 0 amide bonds. The Morgan fingerprint density at radius 1 is 1.11 bits per heavy atom. The second-order valence-corrected chi connectivity index (χ2v) is 4.32. The number of hydrogen-bond donors (Lipinski definition) is 0. The lowest BCUT2D eigenvalue weighted by molar-refractivity contribution is 0.108. The molecule has 0 aliphatic carbocycles. The van der Waals surface area contributed by atoms with Gasteiger partial charge < -0.3 is 4.74 Å². The van der Waals surface area contributed by atoms with Gasteiger partial charge in [-0.3, -0.25) is 4.79 Å². The summed E-state index contributed by atoms with van der Waals surface area (Å²) in [4.78, 5) is 11.2. The Kier molecular flexibility index (Phi) is 4.00. The third-order valence-electron chi connectivity index (χ3n) is 2.73. The van der Waals surface area contributed by atoms with Crippen molar-refractivity contribution in [3.05, 3.63) is 65.2 Å². The lowest BCUT2D eigenvalue weighted by atomic mass is 10.1. The normalized spacial score (nSPS) is 10.1. The molecule has 0 aliphatic rings. The maximum atomic E-state index is 11.2. The maximum absolute atomic E-state index is 11.2. The van der Waals surface area contributed by atoms with Gasteiger partial charge in [-0.2, -0.15) is 0 Å². The van der Waals surface area contributed by atoms with Gasteiger partial charge in [0.25, 0.3) is 5.24 Å². The molecule has 0 spiro atoms. The number of ether oxygens (including phenoxy) is 1. The summed E-state index contributed by atoms with van der Waals surface area (Å²) >= 11 is 5.50. The fraction of sp³-hybridized carbons (Fsp3) is 0.133. The number of hydrogen-bond acceptors (Lipinski definition) is 2. The summed E-state index contributed by atoms with van der Waals surface area (Å²) in [6.07, 6.45) is 0. The topological polar surface area (TPSA) is 26.3 Å². The van der Waals surface area contributed by atoms with Gasteiger partial charge in [0, 0.05) is 11.1 Å². The largest absolute Gasteiger partial charge is 0.489 e. The zero-order valence-electron chi connectivity index (χ0n) is 10.0. The first kappa shape index (κ1) is 12.7. The van der Waals surface area contributed by atoms with E-state index in [9.17, 15) is 4.79 Å². The van der Waals surface area contributed by atoms with Crippen LogP contribution in [0.15, 0.2) is 48.5 Å². The molecule has 0 unspecified atom stereocenters.